The molecular weight excluding hydrogens is 369 g/mol. The Morgan fingerprint density at radius 3 is 2.42 bits per heavy atom. The van der Waals surface area contributed by atoms with E-state index in [0.717, 1.165) is 12.1 Å². The van der Waals surface area contributed by atoms with E-state index in [2.05, 4.69) is 5.32 Å². The number of alkyl halides is 3. The topological polar surface area (TPSA) is 49.4 Å². The van der Waals surface area contributed by atoms with E-state index in [1.165, 1.54) is 24.0 Å². The van der Waals surface area contributed by atoms with Gasteiger partial charge >= 0.3 is 6.18 Å². The highest BCUT2D eigenvalue weighted by Gasteiger charge is 2.30. The number of rotatable bonds is 4. The minimum atomic E-state index is -4.51. The Morgan fingerprint density at radius 2 is 1.81 bits per heavy atom. The van der Waals surface area contributed by atoms with E-state index in [1.807, 2.05) is 0 Å². The van der Waals surface area contributed by atoms with Crippen molar-refractivity contribution in [2.75, 3.05) is 16.8 Å². The van der Waals surface area contributed by atoms with Gasteiger partial charge in [-0.15, -0.1) is 0 Å². The molecule has 0 saturated heterocycles. The van der Waals surface area contributed by atoms with Gasteiger partial charge in [-0.05, 0) is 42.8 Å². The quantitative estimate of drug-likeness (QED) is 0.833. The Balaban J connectivity index is 2.19. The summed E-state index contributed by atoms with van der Waals surface area (Å²) in [5, 5.41) is 2.81. The summed E-state index contributed by atoms with van der Waals surface area (Å²) in [5.74, 6) is -1.02. The van der Waals surface area contributed by atoms with E-state index < -0.39 is 23.6 Å². The minimum absolute atomic E-state index is 0.00357. The number of benzene rings is 2. The van der Waals surface area contributed by atoms with Gasteiger partial charge in [0.2, 0.25) is 11.8 Å². The van der Waals surface area contributed by atoms with Crippen LogP contribution in [0.15, 0.2) is 42.5 Å². The second-order valence-corrected chi connectivity index (χ2v) is 6.02. The highest BCUT2D eigenvalue weighted by molar-refractivity contribution is 6.31. The summed E-state index contributed by atoms with van der Waals surface area (Å²) in [4.78, 5) is 25.4. The highest BCUT2D eigenvalue weighted by atomic mass is 35.5. The number of halogens is 4. The van der Waals surface area contributed by atoms with Gasteiger partial charge in [-0.2, -0.15) is 13.2 Å². The number of carbonyl (C=O) groups is 2. The standard InChI is InChI=1S/C18H16ClF3N2O2/c1-11-15(19)7-4-8-16(11)24(12(2)25)10-17(26)23-14-6-3-5-13(9-14)18(20,21)22/h3-9H,10H2,1-2H3,(H,23,26). The molecule has 0 heterocycles. The second kappa shape index (κ2) is 7.78. The molecule has 2 aromatic carbocycles. The Labute approximate surface area is 153 Å². The van der Waals surface area contributed by atoms with E-state index in [-0.39, 0.29) is 12.2 Å². The Morgan fingerprint density at radius 1 is 1.15 bits per heavy atom. The van der Waals surface area contributed by atoms with Crippen LogP contribution in [0.1, 0.15) is 18.1 Å². The van der Waals surface area contributed by atoms with Crippen molar-refractivity contribution in [2.45, 2.75) is 20.0 Å². The first-order valence-corrected chi connectivity index (χ1v) is 7.97. The van der Waals surface area contributed by atoms with Crippen LogP contribution in [0.2, 0.25) is 5.02 Å². The van der Waals surface area contributed by atoms with Gasteiger partial charge in [0.25, 0.3) is 0 Å². The molecule has 0 radical (unpaired) electrons. The van der Waals surface area contributed by atoms with Crippen LogP contribution in [0.5, 0.6) is 0 Å². The van der Waals surface area contributed by atoms with Gasteiger partial charge in [0.1, 0.15) is 6.54 Å². The summed E-state index contributed by atoms with van der Waals surface area (Å²) in [7, 11) is 0. The molecule has 26 heavy (non-hydrogen) atoms. The van der Waals surface area contributed by atoms with Crippen LogP contribution < -0.4 is 10.2 Å². The van der Waals surface area contributed by atoms with Gasteiger partial charge in [-0.25, -0.2) is 0 Å². The third-order valence-corrected chi connectivity index (χ3v) is 4.09. The zero-order chi connectivity index (χ0) is 19.5. The van der Waals surface area contributed by atoms with E-state index >= 15 is 0 Å². The number of hydrogen-bond donors (Lipinski definition) is 1. The van der Waals surface area contributed by atoms with Gasteiger partial charge in [0, 0.05) is 23.3 Å². The van der Waals surface area contributed by atoms with Crippen molar-refractivity contribution in [2.24, 2.45) is 0 Å². The lowest BCUT2D eigenvalue weighted by Gasteiger charge is -2.23. The maximum Gasteiger partial charge on any atom is 0.416 e. The van der Waals surface area contributed by atoms with Crippen molar-refractivity contribution in [1.29, 1.82) is 0 Å². The van der Waals surface area contributed by atoms with Crippen LogP contribution in [0, 0.1) is 6.92 Å². The molecule has 0 aliphatic carbocycles. The number of hydrogen-bond acceptors (Lipinski definition) is 2. The fourth-order valence-electron chi connectivity index (χ4n) is 2.37. The van der Waals surface area contributed by atoms with E-state index in [1.54, 1.807) is 25.1 Å². The summed E-state index contributed by atoms with van der Waals surface area (Å²) in [6, 6.07) is 9.22. The third-order valence-electron chi connectivity index (χ3n) is 3.69. The zero-order valence-electron chi connectivity index (χ0n) is 14.0. The zero-order valence-corrected chi connectivity index (χ0v) is 14.8. The summed E-state index contributed by atoms with van der Waals surface area (Å²) in [6.07, 6.45) is -4.51. The van der Waals surface area contributed by atoms with Crippen molar-refractivity contribution in [3.8, 4) is 0 Å². The Hall–Kier alpha value is -2.54. The van der Waals surface area contributed by atoms with Crippen LogP contribution in [-0.2, 0) is 15.8 Å². The molecule has 0 aliphatic heterocycles. The molecule has 0 aromatic heterocycles. The molecule has 0 bridgehead atoms. The van der Waals surface area contributed by atoms with Crippen LogP contribution in [0.3, 0.4) is 0 Å². The van der Waals surface area contributed by atoms with Crippen molar-refractivity contribution in [3.05, 3.63) is 58.6 Å². The maximum absolute atomic E-state index is 12.7. The molecule has 0 atom stereocenters. The lowest BCUT2D eigenvalue weighted by atomic mass is 10.1. The monoisotopic (exact) mass is 384 g/mol. The Bertz CT molecular complexity index is 837. The maximum atomic E-state index is 12.7. The number of nitrogens with one attached hydrogen (secondary N) is 1. The molecule has 4 nitrogen and oxygen atoms in total. The van der Waals surface area contributed by atoms with Crippen LogP contribution in [-0.4, -0.2) is 18.4 Å². The third kappa shape index (κ3) is 4.76. The van der Waals surface area contributed by atoms with Gasteiger partial charge in [-0.3, -0.25) is 9.59 Å². The van der Waals surface area contributed by atoms with Crippen LogP contribution in [0.25, 0.3) is 0 Å². The molecule has 0 saturated carbocycles. The van der Waals surface area contributed by atoms with Gasteiger partial charge in [0.05, 0.1) is 5.56 Å². The molecule has 0 fully saturated rings. The molecular formula is C18H16ClF3N2O2. The first kappa shape index (κ1) is 19.8. The van der Waals surface area contributed by atoms with E-state index in [0.29, 0.717) is 16.3 Å². The number of anilines is 2. The van der Waals surface area contributed by atoms with Crippen molar-refractivity contribution in [3.63, 3.8) is 0 Å². The van der Waals surface area contributed by atoms with E-state index in [9.17, 15) is 22.8 Å². The molecule has 8 heteroatoms. The molecule has 2 rings (SSSR count). The molecule has 2 aromatic rings. The predicted octanol–water partition coefficient (Wildman–Crippen LogP) is 4.66. The first-order valence-electron chi connectivity index (χ1n) is 7.60. The SMILES string of the molecule is CC(=O)N(CC(=O)Nc1cccc(C(F)(F)F)c1)c1cccc(Cl)c1C. The molecule has 0 unspecified atom stereocenters. The predicted molar refractivity (Wildman–Crippen MR) is 94.3 cm³/mol. The van der Waals surface area contributed by atoms with Crippen LogP contribution in [0.4, 0.5) is 24.5 Å². The second-order valence-electron chi connectivity index (χ2n) is 5.62. The number of carbonyl (C=O) groups excluding carboxylic acids is 2. The number of amides is 2. The Kier molecular flexibility index (Phi) is 5.92. The fourth-order valence-corrected chi connectivity index (χ4v) is 2.54. The molecule has 0 aliphatic rings. The van der Waals surface area contributed by atoms with Crippen molar-refractivity contribution >= 4 is 34.8 Å². The molecule has 138 valence electrons. The lowest BCUT2D eigenvalue weighted by molar-refractivity contribution is -0.137. The summed E-state index contributed by atoms with van der Waals surface area (Å²) in [6.45, 7) is 2.64. The fraction of sp³-hybridized carbons (Fsp3) is 0.222. The molecule has 2 amide bonds. The van der Waals surface area contributed by atoms with E-state index in [4.69, 9.17) is 11.6 Å². The minimum Gasteiger partial charge on any atom is -0.325 e. The smallest absolute Gasteiger partial charge is 0.325 e. The summed E-state index contributed by atoms with van der Waals surface area (Å²) >= 11 is 6.04. The van der Waals surface area contributed by atoms with Crippen LogP contribution >= 0.6 is 11.6 Å². The highest BCUT2D eigenvalue weighted by Crippen LogP contribution is 2.31. The molecule has 1 N–H and O–H groups in total. The molecule has 0 spiro atoms. The summed E-state index contributed by atoms with van der Waals surface area (Å²) < 4.78 is 38.2. The van der Waals surface area contributed by atoms with Gasteiger partial charge < -0.3 is 10.2 Å². The normalized spacial score (nSPS) is 11.2. The van der Waals surface area contributed by atoms with Gasteiger partial charge in [0.15, 0.2) is 0 Å². The average molecular weight is 385 g/mol. The number of nitrogens with zero attached hydrogens (tertiary/aromatic N) is 1. The summed E-state index contributed by atoms with van der Waals surface area (Å²) in [5.41, 5.74) is 0.209. The first-order chi connectivity index (χ1) is 12.1. The lowest BCUT2D eigenvalue weighted by Crippen LogP contribution is -2.37. The van der Waals surface area contributed by atoms with Crippen molar-refractivity contribution in [1.82, 2.24) is 0 Å². The largest absolute Gasteiger partial charge is 0.416 e. The van der Waals surface area contributed by atoms with Gasteiger partial charge in [-0.1, -0.05) is 23.7 Å². The van der Waals surface area contributed by atoms with Crippen molar-refractivity contribution < 1.29 is 22.8 Å². The average Bonchev–Trinajstić information content (AvgIpc) is 2.55.